The van der Waals surface area contributed by atoms with E-state index in [1.54, 1.807) is 12.1 Å². The van der Waals surface area contributed by atoms with Gasteiger partial charge in [-0.3, -0.25) is 14.3 Å². The molecule has 0 aliphatic rings. The number of fused-ring (bicyclic) bond motifs is 2. The molecule has 0 aliphatic heterocycles. The summed E-state index contributed by atoms with van der Waals surface area (Å²) < 4.78 is 3.27. The lowest BCUT2D eigenvalue weighted by Crippen LogP contribution is -2.25. The maximum Gasteiger partial charge on any atom is 0.231 e. The molecule has 0 saturated carbocycles. The van der Waals surface area contributed by atoms with Crippen LogP contribution < -0.4 is 10.7 Å². The van der Waals surface area contributed by atoms with Gasteiger partial charge < -0.3 is 5.32 Å². The van der Waals surface area contributed by atoms with Gasteiger partial charge in [-0.25, -0.2) is 0 Å². The number of anilines is 1. The number of hydrogen-bond acceptors (Lipinski definition) is 6. The van der Waals surface area contributed by atoms with E-state index in [1.165, 1.54) is 10.8 Å². The highest BCUT2D eigenvalue weighted by molar-refractivity contribution is 5.91. The molecule has 4 rings (SSSR count). The summed E-state index contributed by atoms with van der Waals surface area (Å²) >= 11 is 0. The average molecular weight is 405 g/mol. The molecule has 0 unspecified atom stereocenters. The van der Waals surface area contributed by atoms with Crippen LogP contribution in [0.4, 0.5) is 5.82 Å². The van der Waals surface area contributed by atoms with Crippen molar-refractivity contribution in [1.29, 1.82) is 0 Å². The molecule has 0 aliphatic carbocycles. The van der Waals surface area contributed by atoms with Gasteiger partial charge in [-0.1, -0.05) is 19.9 Å². The number of carbonyl (C=O) groups excluding carboxylic acids is 1. The number of hydrogen-bond donors (Lipinski definition) is 1. The van der Waals surface area contributed by atoms with Gasteiger partial charge in [0.05, 0.1) is 11.9 Å². The lowest BCUT2D eigenvalue weighted by Gasteiger charge is -2.17. The van der Waals surface area contributed by atoms with Crippen molar-refractivity contribution >= 4 is 28.3 Å². The van der Waals surface area contributed by atoms with Crippen molar-refractivity contribution < 1.29 is 4.79 Å². The Hall–Kier alpha value is -3.62. The Kier molecular flexibility index (Phi) is 5.03. The number of nitrogens with one attached hydrogen (secondary N) is 1. The zero-order valence-corrected chi connectivity index (χ0v) is 17.3. The molecule has 0 radical (unpaired) electrons. The van der Waals surface area contributed by atoms with Crippen LogP contribution in [0.15, 0.2) is 41.5 Å². The molecule has 1 aromatic carbocycles. The predicted octanol–water partition coefficient (Wildman–Crippen LogP) is 2.72. The van der Waals surface area contributed by atoms with E-state index in [2.05, 4.69) is 39.6 Å². The fourth-order valence-corrected chi connectivity index (χ4v) is 3.32. The lowest BCUT2D eigenvalue weighted by molar-refractivity contribution is -0.115. The summed E-state index contributed by atoms with van der Waals surface area (Å²) in [5.41, 5.74) is 2.47. The van der Waals surface area contributed by atoms with Crippen molar-refractivity contribution in [3.05, 3.63) is 58.1 Å². The van der Waals surface area contributed by atoms with Gasteiger partial charge in [-0.15, -0.1) is 15.3 Å². The Morgan fingerprint density at radius 1 is 1.10 bits per heavy atom. The Morgan fingerprint density at radius 2 is 1.90 bits per heavy atom. The number of nitrogens with zero attached hydrogens (tertiary/aromatic N) is 6. The largest absolute Gasteiger partial charge is 0.309 e. The van der Waals surface area contributed by atoms with Crippen LogP contribution in [0, 0.1) is 0 Å². The second kappa shape index (κ2) is 7.66. The topological polar surface area (TPSA) is 107 Å². The lowest BCUT2D eigenvalue weighted by atomic mass is 10.0. The number of carbonyl (C=O) groups is 1. The number of rotatable bonds is 5. The highest BCUT2D eigenvalue weighted by Gasteiger charge is 2.17. The molecule has 0 bridgehead atoms. The van der Waals surface area contributed by atoms with Crippen LogP contribution in [-0.4, -0.2) is 35.5 Å². The quantitative estimate of drug-likeness (QED) is 0.547. The summed E-state index contributed by atoms with van der Waals surface area (Å²) in [6, 6.07) is 9.17. The summed E-state index contributed by atoms with van der Waals surface area (Å²) in [5, 5.41) is 19.6. The van der Waals surface area contributed by atoms with E-state index in [0.717, 1.165) is 11.1 Å². The molecule has 154 valence electrons. The third kappa shape index (κ3) is 3.66. The fourth-order valence-electron chi connectivity index (χ4n) is 3.32. The Morgan fingerprint density at radius 3 is 2.63 bits per heavy atom. The number of aromatic nitrogens is 6. The smallest absolute Gasteiger partial charge is 0.231 e. The van der Waals surface area contributed by atoms with E-state index in [4.69, 9.17) is 0 Å². The van der Waals surface area contributed by atoms with E-state index < -0.39 is 0 Å². The van der Waals surface area contributed by atoms with Gasteiger partial charge in [0.2, 0.25) is 11.3 Å². The van der Waals surface area contributed by atoms with Gasteiger partial charge in [0.15, 0.2) is 11.5 Å². The van der Waals surface area contributed by atoms with E-state index in [0.29, 0.717) is 22.8 Å². The first-order valence-corrected chi connectivity index (χ1v) is 9.85. The zero-order chi connectivity index (χ0) is 21.4. The highest BCUT2D eigenvalue weighted by Crippen LogP contribution is 2.21. The van der Waals surface area contributed by atoms with Crippen molar-refractivity contribution in [2.45, 2.75) is 46.1 Å². The Balaban J connectivity index is 1.67. The first-order valence-electron chi connectivity index (χ1n) is 9.85. The van der Waals surface area contributed by atoms with Crippen LogP contribution in [-0.2, 0) is 11.2 Å². The van der Waals surface area contributed by atoms with Gasteiger partial charge in [0.25, 0.3) is 0 Å². The second-order valence-corrected chi connectivity index (χ2v) is 7.82. The van der Waals surface area contributed by atoms with Crippen LogP contribution in [0.2, 0.25) is 0 Å². The van der Waals surface area contributed by atoms with E-state index in [1.807, 2.05) is 36.7 Å². The standard InChI is InChI=1S/C21H23N7O2/c1-12(2)14-5-6-15-17(9-14)28(13(3)4)25-16(21(15)30)10-20(29)23-18-7-8-19-24-22-11-27(19)26-18/h5-9,11-13H,10H2,1-4H3,(H,23,26,29). The maximum absolute atomic E-state index is 13.0. The van der Waals surface area contributed by atoms with Crippen molar-refractivity contribution in [3.8, 4) is 0 Å². The van der Waals surface area contributed by atoms with E-state index in [9.17, 15) is 9.59 Å². The SMILES string of the molecule is CC(C)c1ccc2c(=O)c(CC(=O)Nc3ccc4nncn4n3)nn(C(C)C)c2c1. The molecule has 0 fully saturated rings. The van der Waals surface area contributed by atoms with Gasteiger partial charge in [-0.2, -0.15) is 9.61 Å². The van der Waals surface area contributed by atoms with Crippen molar-refractivity contribution in [2.24, 2.45) is 0 Å². The van der Waals surface area contributed by atoms with Crippen LogP contribution in [0.25, 0.3) is 16.6 Å². The summed E-state index contributed by atoms with van der Waals surface area (Å²) in [6.07, 6.45) is 1.30. The minimum Gasteiger partial charge on any atom is -0.309 e. The molecule has 9 nitrogen and oxygen atoms in total. The molecule has 9 heteroatoms. The Labute approximate surface area is 172 Å². The summed E-state index contributed by atoms with van der Waals surface area (Å²) in [5.74, 6) is 0.318. The first-order chi connectivity index (χ1) is 14.3. The van der Waals surface area contributed by atoms with Crippen LogP contribution in [0.1, 0.15) is 50.9 Å². The summed E-state index contributed by atoms with van der Waals surface area (Å²) in [6.45, 7) is 8.22. The van der Waals surface area contributed by atoms with E-state index >= 15 is 0 Å². The molecule has 0 saturated heterocycles. The van der Waals surface area contributed by atoms with Crippen LogP contribution in [0.5, 0.6) is 0 Å². The van der Waals surface area contributed by atoms with Gasteiger partial charge in [0, 0.05) is 11.4 Å². The van der Waals surface area contributed by atoms with Crippen molar-refractivity contribution in [3.63, 3.8) is 0 Å². The fraction of sp³-hybridized carbons (Fsp3) is 0.333. The molecule has 0 spiro atoms. The van der Waals surface area contributed by atoms with E-state index in [-0.39, 0.29) is 29.5 Å². The molecular weight excluding hydrogens is 382 g/mol. The molecule has 3 aromatic heterocycles. The first kappa shape index (κ1) is 19.7. The monoisotopic (exact) mass is 405 g/mol. The molecule has 0 atom stereocenters. The zero-order valence-electron chi connectivity index (χ0n) is 17.3. The van der Waals surface area contributed by atoms with Gasteiger partial charge >= 0.3 is 0 Å². The highest BCUT2D eigenvalue weighted by atomic mass is 16.2. The molecule has 1 amide bonds. The molecule has 30 heavy (non-hydrogen) atoms. The van der Waals surface area contributed by atoms with Gasteiger partial charge in [-0.05, 0) is 49.6 Å². The molecule has 1 N–H and O–H groups in total. The molecule has 3 heterocycles. The average Bonchev–Trinajstić information content (AvgIpc) is 3.17. The van der Waals surface area contributed by atoms with Crippen LogP contribution >= 0.6 is 0 Å². The maximum atomic E-state index is 13.0. The number of benzene rings is 1. The van der Waals surface area contributed by atoms with Crippen molar-refractivity contribution in [1.82, 2.24) is 29.6 Å². The second-order valence-electron chi connectivity index (χ2n) is 7.82. The third-order valence-electron chi connectivity index (χ3n) is 4.92. The summed E-state index contributed by atoms with van der Waals surface area (Å²) in [4.78, 5) is 25.6. The molecular formula is C21H23N7O2. The minimum absolute atomic E-state index is 0.0372. The predicted molar refractivity (Wildman–Crippen MR) is 114 cm³/mol. The molecule has 4 aromatic rings. The number of amides is 1. The van der Waals surface area contributed by atoms with Crippen molar-refractivity contribution in [2.75, 3.05) is 5.32 Å². The van der Waals surface area contributed by atoms with Crippen LogP contribution in [0.3, 0.4) is 0 Å². The Bertz CT molecular complexity index is 1300. The minimum atomic E-state index is -0.368. The van der Waals surface area contributed by atoms with Gasteiger partial charge in [0.1, 0.15) is 12.0 Å². The normalized spacial score (nSPS) is 11.7. The third-order valence-corrected chi connectivity index (χ3v) is 4.92. The summed E-state index contributed by atoms with van der Waals surface area (Å²) in [7, 11) is 0.